The SMILES string of the molecule is CCOC(=O)CC(c1cccc(CN2CCOc3ccccc3S2(O)O)c1)c1cc(OC)c2c(c1)nnn2C. The summed E-state index contributed by atoms with van der Waals surface area (Å²) >= 11 is 0. The third-order valence-corrected chi connectivity index (χ3v) is 8.76. The number of hydrogen-bond donors (Lipinski definition) is 2. The first kappa shape index (κ1) is 26.9. The summed E-state index contributed by atoms with van der Waals surface area (Å²) in [5.74, 6) is 0.424. The van der Waals surface area contributed by atoms with E-state index in [0.717, 1.165) is 22.2 Å². The Kier molecular flexibility index (Phi) is 7.76. The van der Waals surface area contributed by atoms with Gasteiger partial charge in [0.15, 0.2) is 0 Å². The molecule has 3 aromatic carbocycles. The summed E-state index contributed by atoms with van der Waals surface area (Å²) in [7, 11) is 0.131. The molecule has 11 heteroatoms. The predicted molar refractivity (Wildman–Crippen MR) is 148 cm³/mol. The molecule has 5 rings (SSSR count). The number of carbonyl (C=O) groups excluding carboxylic acids is 1. The molecule has 2 N–H and O–H groups in total. The predicted octanol–water partition coefficient (Wildman–Crippen LogP) is 4.98. The number of methoxy groups -OCH3 is 1. The minimum Gasteiger partial charge on any atom is -0.494 e. The Morgan fingerprint density at radius 2 is 1.95 bits per heavy atom. The van der Waals surface area contributed by atoms with Gasteiger partial charge in [-0.05, 0) is 47.9 Å². The number of para-hydroxylation sites is 1. The summed E-state index contributed by atoms with van der Waals surface area (Å²) in [6.45, 7) is 3.02. The average Bonchev–Trinajstić information content (AvgIpc) is 3.26. The number of fused-ring (bicyclic) bond motifs is 2. The van der Waals surface area contributed by atoms with Gasteiger partial charge in [0, 0.05) is 19.5 Å². The number of aryl methyl sites for hydroxylation is 1. The minimum absolute atomic E-state index is 0.117. The highest BCUT2D eigenvalue weighted by Crippen LogP contribution is 2.56. The lowest BCUT2D eigenvalue weighted by Gasteiger charge is -2.41. The maximum Gasteiger partial charge on any atom is 0.306 e. The van der Waals surface area contributed by atoms with E-state index in [9.17, 15) is 13.9 Å². The molecule has 0 fully saturated rings. The highest BCUT2D eigenvalue weighted by molar-refractivity contribution is 8.22. The number of nitrogens with zero attached hydrogens (tertiary/aromatic N) is 4. The molecule has 1 atom stereocenters. The Morgan fingerprint density at radius 1 is 1.13 bits per heavy atom. The van der Waals surface area contributed by atoms with Crippen LogP contribution < -0.4 is 9.47 Å². The van der Waals surface area contributed by atoms with Crippen LogP contribution in [0, 0.1) is 0 Å². The molecule has 39 heavy (non-hydrogen) atoms. The van der Waals surface area contributed by atoms with E-state index in [1.54, 1.807) is 48.3 Å². The number of aromatic nitrogens is 3. The van der Waals surface area contributed by atoms with Crippen LogP contribution in [-0.4, -0.2) is 61.2 Å². The van der Waals surface area contributed by atoms with Crippen LogP contribution in [0.3, 0.4) is 0 Å². The zero-order valence-electron chi connectivity index (χ0n) is 22.1. The third kappa shape index (κ3) is 5.44. The second kappa shape index (κ2) is 11.2. The van der Waals surface area contributed by atoms with Gasteiger partial charge in [-0.2, -0.15) is 4.31 Å². The van der Waals surface area contributed by atoms with Crippen LogP contribution in [0.5, 0.6) is 11.5 Å². The number of benzene rings is 3. The summed E-state index contributed by atoms with van der Waals surface area (Å²) in [5, 5.41) is 8.38. The minimum atomic E-state index is -3.26. The fourth-order valence-corrected chi connectivity index (χ4v) is 6.54. The van der Waals surface area contributed by atoms with Gasteiger partial charge in [0.05, 0.1) is 26.7 Å². The van der Waals surface area contributed by atoms with E-state index in [0.29, 0.717) is 35.1 Å². The van der Waals surface area contributed by atoms with E-state index in [-0.39, 0.29) is 31.5 Å². The molecule has 1 aromatic heterocycles. The Balaban J connectivity index is 1.51. The second-order valence-corrected chi connectivity index (χ2v) is 11.3. The summed E-state index contributed by atoms with van der Waals surface area (Å²) in [5.41, 5.74) is 4.02. The largest absolute Gasteiger partial charge is 0.494 e. The van der Waals surface area contributed by atoms with Crippen LogP contribution in [0.2, 0.25) is 0 Å². The number of rotatable bonds is 8. The molecule has 1 aliphatic rings. The van der Waals surface area contributed by atoms with Crippen molar-refractivity contribution in [2.24, 2.45) is 7.05 Å². The highest BCUT2D eigenvalue weighted by Gasteiger charge is 2.31. The molecule has 2 heterocycles. The highest BCUT2D eigenvalue weighted by atomic mass is 32.3. The molecule has 0 saturated heterocycles. The van der Waals surface area contributed by atoms with Gasteiger partial charge in [-0.3, -0.25) is 13.9 Å². The van der Waals surface area contributed by atoms with E-state index >= 15 is 0 Å². The lowest BCUT2D eigenvalue weighted by molar-refractivity contribution is -0.143. The van der Waals surface area contributed by atoms with Gasteiger partial charge in [-0.15, -0.1) is 15.9 Å². The fourth-order valence-electron chi connectivity index (χ4n) is 4.95. The van der Waals surface area contributed by atoms with Crippen molar-refractivity contribution < 1.29 is 28.1 Å². The molecule has 10 nitrogen and oxygen atoms in total. The van der Waals surface area contributed by atoms with E-state index in [1.165, 1.54) is 0 Å². The first-order valence-corrected chi connectivity index (χ1v) is 14.2. The van der Waals surface area contributed by atoms with Crippen molar-refractivity contribution in [1.29, 1.82) is 0 Å². The molecule has 0 aliphatic carbocycles. The van der Waals surface area contributed by atoms with Gasteiger partial charge < -0.3 is 14.2 Å². The van der Waals surface area contributed by atoms with Gasteiger partial charge in [-0.25, -0.2) is 4.68 Å². The zero-order chi connectivity index (χ0) is 27.6. The Hall–Kier alpha value is -3.64. The molecule has 206 valence electrons. The molecular formula is C28H32N4O6S. The maximum atomic E-state index is 12.7. The van der Waals surface area contributed by atoms with Crippen molar-refractivity contribution in [2.45, 2.75) is 30.7 Å². The van der Waals surface area contributed by atoms with Gasteiger partial charge in [0.25, 0.3) is 0 Å². The first-order valence-electron chi connectivity index (χ1n) is 12.7. The van der Waals surface area contributed by atoms with Gasteiger partial charge in [0.2, 0.25) is 0 Å². The normalized spacial score (nSPS) is 16.5. The Bertz CT molecular complexity index is 1490. The molecular weight excluding hydrogens is 520 g/mol. The molecule has 0 bridgehead atoms. The van der Waals surface area contributed by atoms with Crippen molar-refractivity contribution in [1.82, 2.24) is 19.3 Å². The smallest absolute Gasteiger partial charge is 0.306 e. The fraction of sp³-hybridized carbons (Fsp3) is 0.321. The van der Waals surface area contributed by atoms with Crippen molar-refractivity contribution in [3.8, 4) is 11.5 Å². The molecule has 0 saturated carbocycles. The van der Waals surface area contributed by atoms with Crippen molar-refractivity contribution >= 4 is 27.8 Å². The van der Waals surface area contributed by atoms with E-state index in [1.807, 2.05) is 42.5 Å². The lowest BCUT2D eigenvalue weighted by Crippen LogP contribution is -2.29. The topological polar surface area (TPSA) is 119 Å². The maximum absolute atomic E-state index is 12.7. The summed E-state index contributed by atoms with van der Waals surface area (Å²) < 4.78 is 42.5. The molecule has 0 spiro atoms. The standard InChI is InChI=1S/C28H32N4O6S/c1-4-37-27(33)17-22(21-15-23-28(25(16-21)36-3)31(2)30-29-23)20-9-7-8-19(14-20)18-32-12-13-38-24-10-5-6-11-26(24)39(32,34)35/h5-11,14-16,22,34-35H,4,12-13,17-18H2,1-3H3. The molecule has 0 radical (unpaired) electrons. The van der Waals surface area contributed by atoms with Crippen LogP contribution >= 0.6 is 10.8 Å². The summed E-state index contributed by atoms with van der Waals surface area (Å²) in [6, 6.07) is 18.6. The van der Waals surface area contributed by atoms with Gasteiger partial charge >= 0.3 is 5.97 Å². The summed E-state index contributed by atoms with van der Waals surface area (Å²) in [6.07, 6.45) is 0.117. The zero-order valence-corrected chi connectivity index (χ0v) is 22.9. The number of hydrogen-bond acceptors (Lipinski definition) is 9. The Labute approximate surface area is 228 Å². The van der Waals surface area contributed by atoms with E-state index in [4.69, 9.17) is 14.2 Å². The lowest BCUT2D eigenvalue weighted by atomic mass is 9.87. The number of ether oxygens (including phenoxy) is 3. The molecule has 0 amide bonds. The molecule has 1 aliphatic heterocycles. The van der Waals surface area contributed by atoms with Crippen LogP contribution in [0.25, 0.3) is 11.0 Å². The van der Waals surface area contributed by atoms with Crippen LogP contribution in [0.1, 0.15) is 36.0 Å². The van der Waals surface area contributed by atoms with Crippen molar-refractivity contribution in [3.05, 3.63) is 77.4 Å². The number of esters is 1. The van der Waals surface area contributed by atoms with E-state index < -0.39 is 10.8 Å². The van der Waals surface area contributed by atoms with Crippen molar-refractivity contribution in [2.75, 3.05) is 26.9 Å². The van der Waals surface area contributed by atoms with Gasteiger partial charge in [0.1, 0.15) is 34.0 Å². The molecule has 1 unspecified atom stereocenters. The average molecular weight is 553 g/mol. The van der Waals surface area contributed by atoms with Crippen LogP contribution in [0.15, 0.2) is 65.6 Å². The van der Waals surface area contributed by atoms with Gasteiger partial charge in [-0.1, -0.05) is 41.6 Å². The Morgan fingerprint density at radius 3 is 2.74 bits per heavy atom. The van der Waals surface area contributed by atoms with E-state index in [2.05, 4.69) is 10.3 Å². The third-order valence-electron chi connectivity index (χ3n) is 6.80. The number of carbonyl (C=O) groups is 1. The van der Waals surface area contributed by atoms with Crippen LogP contribution in [-0.2, 0) is 23.1 Å². The second-order valence-electron chi connectivity index (χ2n) is 9.29. The first-order chi connectivity index (χ1) is 18.8. The quantitative estimate of drug-likeness (QED) is 0.292. The van der Waals surface area contributed by atoms with Crippen LogP contribution in [0.4, 0.5) is 0 Å². The molecule has 4 aromatic rings. The van der Waals surface area contributed by atoms with Crippen molar-refractivity contribution in [3.63, 3.8) is 0 Å². The summed E-state index contributed by atoms with van der Waals surface area (Å²) in [4.78, 5) is 13.1. The monoisotopic (exact) mass is 552 g/mol.